The lowest BCUT2D eigenvalue weighted by molar-refractivity contribution is 0.0963. The molecule has 7 heteroatoms. The first-order valence-electron chi connectivity index (χ1n) is 12.4. The summed E-state index contributed by atoms with van der Waals surface area (Å²) in [5, 5.41) is 17.1. The number of fused-ring (bicyclic) bond motifs is 10. The van der Waals surface area contributed by atoms with E-state index in [0.717, 1.165) is 56.9 Å². The molecule has 1 unspecified atom stereocenters. The second kappa shape index (κ2) is 8.07. The number of hydrogen-bond donors (Lipinski definition) is 2. The second-order valence-electron chi connectivity index (χ2n) is 9.60. The maximum absolute atomic E-state index is 13.1. The van der Waals surface area contributed by atoms with Crippen LogP contribution in [0.15, 0.2) is 30.3 Å². The maximum atomic E-state index is 13.1. The minimum atomic E-state index is -0.562. The van der Waals surface area contributed by atoms with E-state index in [-0.39, 0.29) is 11.7 Å². The van der Waals surface area contributed by atoms with E-state index in [1.165, 1.54) is 0 Å². The molecule has 2 aliphatic rings. The SMILES string of the molecule is CCN(CC)CC(O)Cn1c2ccccc2c2c3c(c4c5c(n(C)c4c21)C(=O)CC=C5)C(=O)NC3. The Balaban J connectivity index is 1.74. The number of nitrogens with one attached hydrogen (secondary N) is 1. The highest BCUT2D eigenvalue weighted by molar-refractivity contribution is 6.28. The van der Waals surface area contributed by atoms with Crippen molar-refractivity contribution in [3.05, 3.63) is 52.7 Å². The smallest absolute Gasteiger partial charge is 0.252 e. The van der Waals surface area contributed by atoms with Gasteiger partial charge in [0.05, 0.1) is 34.9 Å². The van der Waals surface area contributed by atoms with Crippen LogP contribution < -0.4 is 5.32 Å². The topological polar surface area (TPSA) is 79.5 Å². The summed E-state index contributed by atoms with van der Waals surface area (Å²) < 4.78 is 4.17. The summed E-state index contributed by atoms with van der Waals surface area (Å²) in [7, 11) is 1.92. The second-order valence-corrected chi connectivity index (χ2v) is 9.60. The van der Waals surface area contributed by atoms with E-state index >= 15 is 0 Å². The maximum Gasteiger partial charge on any atom is 0.252 e. The third kappa shape index (κ3) is 3.04. The summed E-state index contributed by atoms with van der Waals surface area (Å²) in [6.07, 6.45) is 3.67. The van der Waals surface area contributed by atoms with Crippen LogP contribution in [0.5, 0.6) is 0 Å². The van der Waals surface area contributed by atoms with Gasteiger partial charge in [0.25, 0.3) is 5.91 Å². The Kier molecular flexibility index (Phi) is 5.09. The number of nitrogens with zero attached hydrogens (tertiary/aromatic N) is 3. The first kappa shape index (κ1) is 22.1. The Morgan fingerprint density at radius 2 is 1.89 bits per heavy atom. The number of likely N-dealkylation sites (N-methyl/N-ethyl adjacent to an activating group) is 1. The van der Waals surface area contributed by atoms with Crippen molar-refractivity contribution in [1.29, 1.82) is 0 Å². The summed E-state index contributed by atoms with van der Waals surface area (Å²) >= 11 is 0. The van der Waals surface area contributed by atoms with E-state index in [2.05, 4.69) is 40.8 Å². The summed E-state index contributed by atoms with van der Waals surface area (Å²) in [4.78, 5) is 28.3. The van der Waals surface area contributed by atoms with Crippen molar-refractivity contribution in [3.63, 3.8) is 0 Å². The standard InChI is InChI=1S/C28H30N4O3/c1-4-31(5-2)14-16(33)15-32-20-11-7-6-9-17(20)22-19-13-29-28(35)24(19)23-18-10-8-12-21(34)25(18)30(3)26(23)27(22)32/h6-11,16,33H,4-5,12-15H2,1-3H3,(H,29,35). The first-order valence-corrected chi connectivity index (χ1v) is 12.4. The number of para-hydroxylation sites is 1. The van der Waals surface area contributed by atoms with Crippen LogP contribution in [0.2, 0.25) is 0 Å². The molecule has 0 saturated carbocycles. The lowest BCUT2D eigenvalue weighted by atomic mass is 9.94. The highest BCUT2D eigenvalue weighted by Crippen LogP contribution is 2.45. The molecule has 1 atom stereocenters. The van der Waals surface area contributed by atoms with Crippen molar-refractivity contribution in [3.8, 4) is 0 Å². The van der Waals surface area contributed by atoms with Gasteiger partial charge in [-0.2, -0.15) is 0 Å². The molecule has 6 rings (SSSR count). The Morgan fingerprint density at radius 3 is 2.66 bits per heavy atom. The third-order valence-corrected chi connectivity index (χ3v) is 7.74. The quantitative estimate of drug-likeness (QED) is 0.449. The molecular weight excluding hydrogens is 440 g/mol. The molecule has 0 radical (unpaired) electrons. The molecule has 2 aromatic heterocycles. The molecule has 0 saturated heterocycles. The van der Waals surface area contributed by atoms with E-state index in [0.29, 0.717) is 37.3 Å². The molecule has 0 bridgehead atoms. The number of aliphatic hydroxyl groups is 1. The van der Waals surface area contributed by atoms with Crippen LogP contribution >= 0.6 is 0 Å². The number of aromatic nitrogens is 2. The van der Waals surface area contributed by atoms with Gasteiger partial charge in [-0.1, -0.05) is 44.2 Å². The Hall–Kier alpha value is -3.42. The zero-order valence-electron chi connectivity index (χ0n) is 20.4. The van der Waals surface area contributed by atoms with Crippen LogP contribution in [0.4, 0.5) is 0 Å². The monoisotopic (exact) mass is 470 g/mol. The average Bonchev–Trinajstić information content (AvgIpc) is 3.49. The van der Waals surface area contributed by atoms with Crippen molar-refractivity contribution >= 4 is 50.5 Å². The van der Waals surface area contributed by atoms with Gasteiger partial charge in [0.2, 0.25) is 0 Å². The zero-order chi connectivity index (χ0) is 24.4. The first-order chi connectivity index (χ1) is 17.0. The van der Waals surface area contributed by atoms with Crippen LogP contribution in [0.3, 0.4) is 0 Å². The molecule has 180 valence electrons. The molecule has 1 aliphatic heterocycles. The largest absolute Gasteiger partial charge is 0.390 e. The van der Waals surface area contributed by atoms with Crippen LogP contribution in [0.25, 0.3) is 38.8 Å². The van der Waals surface area contributed by atoms with E-state index in [9.17, 15) is 14.7 Å². The van der Waals surface area contributed by atoms with E-state index < -0.39 is 6.10 Å². The molecule has 7 nitrogen and oxygen atoms in total. The molecule has 4 aromatic rings. The summed E-state index contributed by atoms with van der Waals surface area (Å²) in [6.45, 7) is 7.43. The fourth-order valence-corrected chi connectivity index (χ4v) is 6.17. The molecule has 0 spiro atoms. The highest BCUT2D eigenvalue weighted by atomic mass is 16.3. The lowest BCUT2D eigenvalue weighted by Gasteiger charge is -2.23. The number of carbonyl (C=O) groups is 2. The number of amides is 1. The summed E-state index contributed by atoms with van der Waals surface area (Å²) in [5.74, 6) is -0.0316. The van der Waals surface area contributed by atoms with Gasteiger partial charge >= 0.3 is 0 Å². The van der Waals surface area contributed by atoms with Crippen molar-refractivity contribution in [2.45, 2.75) is 39.5 Å². The van der Waals surface area contributed by atoms with Gasteiger partial charge in [-0.25, -0.2) is 0 Å². The minimum Gasteiger partial charge on any atom is -0.390 e. The number of allylic oxidation sites excluding steroid dienone is 1. The minimum absolute atomic E-state index is 0.0609. The van der Waals surface area contributed by atoms with Gasteiger partial charge in [0, 0.05) is 53.8 Å². The molecule has 0 fully saturated rings. The molecule has 2 N–H and O–H groups in total. The molecule has 1 aliphatic carbocycles. The number of ketones is 1. The number of Topliss-reactive ketones (excluding diaryl/α,β-unsaturated/α-hetero) is 1. The number of rotatable bonds is 6. The van der Waals surface area contributed by atoms with Crippen LogP contribution in [0, 0.1) is 0 Å². The number of aliphatic hydroxyl groups excluding tert-OH is 1. The lowest BCUT2D eigenvalue weighted by Crippen LogP contribution is -2.34. The van der Waals surface area contributed by atoms with Gasteiger partial charge < -0.3 is 24.5 Å². The van der Waals surface area contributed by atoms with Gasteiger partial charge in [0.1, 0.15) is 0 Å². The summed E-state index contributed by atoms with van der Waals surface area (Å²) in [6, 6.07) is 8.20. The predicted octanol–water partition coefficient (Wildman–Crippen LogP) is 3.83. The number of hydrogen-bond acceptors (Lipinski definition) is 4. The van der Waals surface area contributed by atoms with E-state index in [1.807, 2.05) is 35.9 Å². The van der Waals surface area contributed by atoms with E-state index in [4.69, 9.17) is 0 Å². The molecule has 1 amide bonds. The fourth-order valence-electron chi connectivity index (χ4n) is 6.17. The number of aryl methyl sites for hydroxylation is 1. The van der Waals surface area contributed by atoms with Crippen molar-refractivity contribution in [2.24, 2.45) is 7.05 Å². The zero-order valence-corrected chi connectivity index (χ0v) is 20.4. The molecule has 35 heavy (non-hydrogen) atoms. The third-order valence-electron chi connectivity index (χ3n) is 7.74. The Morgan fingerprint density at radius 1 is 1.11 bits per heavy atom. The molecule has 3 heterocycles. The Bertz CT molecular complexity index is 1570. The molecule has 2 aromatic carbocycles. The van der Waals surface area contributed by atoms with Gasteiger partial charge in [-0.3, -0.25) is 9.59 Å². The summed E-state index contributed by atoms with van der Waals surface area (Å²) in [5.41, 5.74) is 6.02. The predicted molar refractivity (Wildman–Crippen MR) is 139 cm³/mol. The number of benzene rings is 2. The van der Waals surface area contributed by atoms with Crippen molar-refractivity contribution in [2.75, 3.05) is 19.6 Å². The average molecular weight is 471 g/mol. The van der Waals surface area contributed by atoms with Gasteiger partial charge in [-0.05, 0) is 24.7 Å². The Labute approximate surface area is 203 Å². The highest BCUT2D eigenvalue weighted by Gasteiger charge is 2.34. The molecular formula is C28H30N4O3. The van der Waals surface area contributed by atoms with Gasteiger partial charge in [0.15, 0.2) is 5.78 Å². The fraction of sp³-hybridized carbons (Fsp3) is 0.357. The van der Waals surface area contributed by atoms with Crippen LogP contribution in [-0.2, 0) is 20.1 Å². The van der Waals surface area contributed by atoms with Crippen molar-refractivity contribution < 1.29 is 14.7 Å². The van der Waals surface area contributed by atoms with Crippen LogP contribution in [0.1, 0.15) is 52.2 Å². The number of carbonyl (C=O) groups excluding carboxylic acids is 2. The van der Waals surface area contributed by atoms with E-state index in [1.54, 1.807) is 0 Å². The van der Waals surface area contributed by atoms with Gasteiger partial charge in [-0.15, -0.1) is 0 Å². The van der Waals surface area contributed by atoms with Crippen LogP contribution in [-0.4, -0.2) is 56.6 Å². The van der Waals surface area contributed by atoms with Crippen molar-refractivity contribution in [1.82, 2.24) is 19.4 Å². The normalized spacial score (nSPS) is 16.0.